The van der Waals surface area contributed by atoms with Crippen LogP contribution < -0.4 is 5.32 Å². The molecular formula is C24H46ClNO4. The molecule has 0 aliphatic heterocycles. The zero-order valence-corrected chi connectivity index (χ0v) is 20.3. The second kappa shape index (κ2) is 22.7. The van der Waals surface area contributed by atoms with E-state index >= 15 is 0 Å². The molecule has 0 bridgehead atoms. The van der Waals surface area contributed by atoms with Gasteiger partial charge >= 0.3 is 12.1 Å². The molecule has 0 rings (SSSR count). The molecule has 0 spiro atoms. The molecular weight excluding hydrogens is 402 g/mol. The maximum atomic E-state index is 12.2. The van der Waals surface area contributed by atoms with Crippen molar-refractivity contribution < 1.29 is 19.1 Å². The number of alkyl halides is 1. The van der Waals surface area contributed by atoms with Crippen LogP contribution in [0.15, 0.2) is 0 Å². The Morgan fingerprint density at radius 1 is 0.700 bits per heavy atom. The van der Waals surface area contributed by atoms with Crippen molar-refractivity contribution in [2.75, 3.05) is 19.1 Å². The van der Waals surface area contributed by atoms with Gasteiger partial charge in [-0.1, -0.05) is 104 Å². The van der Waals surface area contributed by atoms with Gasteiger partial charge in [0, 0.05) is 0 Å². The van der Waals surface area contributed by atoms with Crippen molar-refractivity contribution in [2.24, 2.45) is 0 Å². The van der Waals surface area contributed by atoms with E-state index in [1.807, 2.05) is 6.92 Å². The van der Waals surface area contributed by atoms with Gasteiger partial charge in [0.2, 0.25) is 0 Å². The van der Waals surface area contributed by atoms with Crippen LogP contribution in [0, 0.1) is 0 Å². The van der Waals surface area contributed by atoms with E-state index in [-0.39, 0.29) is 18.5 Å². The van der Waals surface area contributed by atoms with E-state index in [4.69, 9.17) is 21.1 Å². The van der Waals surface area contributed by atoms with E-state index in [9.17, 15) is 9.59 Å². The number of unbranched alkanes of at least 4 members (excludes halogenated alkanes) is 13. The lowest BCUT2D eigenvalue weighted by molar-refractivity contribution is -0.146. The van der Waals surface area contributed by atoms with Crippen molar-refractivity contribution in [3.8, 4) is 0 Å². The third-order valence-electron chi connectivity index (χ3n) is 5.21. The summed E-state index contributed by atoms with van der Waals surface area (Å²) in [5.74, 6) is -0.149. The Hall–Kier alpha value is -0.970. The van der Waals surface area contributed by atoms with Crippen LogP contribution in [0.2, 0.25) is 0 Å². The predicted octanol–water partition coefficient (Wildman–Crippen LogP) is 7.14. The lowest BCUT2D eigenvalue weighted by atomic mass is 10.0. The van der Waals surface area contributed by atoms with Crippen molar-refractivity contribution in [2.45, 2.75) is 123 Å². The minimum atomic E-state index is -0.649. The molecule has 30 heavy (non-hydrogen) atoms. The third kappa shape index (κ3) is 19.0. The van der Waals surface area contributed by atoms with Crippen LogP contribution in [-0.4, -0.2) is 37.2 Å². The summed E-state index contributed by atoms with van der Waals surface area (Å²) in [6.45, 7) is 4.76. The Kier molecular flexibility index (Phi) is 22.0. The molecule has 0 saturated heterocycles. The second-order valence-corrected chi connectivity index (χ2v) is 8.45. The molecule has 1 N–H and O–H groups in total. The van der Waals surface area contributed by atoms with E-state index in [1.54, 1.807) is 0 Å². The maximum Gasteiger partial charge on any atom is 0.407 e. The lowest BCUT2D eigenvalue weighted by Crippen LogP contribution is -2.42. The number of rotatable bonds is 21. The summed E-state index contributed by atoms with van der Waals surface area (Å²) in [5.41, 5.74) is 0. The van der Waals surface area contributed by atoms with Gasteiger partial charge < -0.3 is 14.8 Å². The molecule has 0 aliphatic carbocycles. The quantitative estimate of drug-likeness (QED) is 0.115. The molecule has 0 aliphatic rings. The fraction of sp³-hybridized carbons (Fsp3) is 0.917. The van der Waals surface area contributed by atoms with Crippen LogP contribution in [0.4, 0.5) is 4.79 Å². The molecule has 0 aromatic carbocycles. The van der Waals surface area contributed by atoms with E-state index in [2.05, 4.69) is 12.2 Å². The molecule has 178 valence electrons. The summed E-state index contributed by atoms with van der Waals surface area (Å²) in [4.78, 5) is 23.8. The molecule has 1 atom stereocenters. The molecule has 0 aromatic rings. The highest BCUT2D eigenvalue weighted by Gasteiger charge is 2.21. The fourth-order valence-electron chi connectivity index (χ4n) is 3.42. The van der Waals surface area contributed by atoms with Crippen LogP contribution in [-0.2, 0) is 14.3 Å². The number of hydrogen-bond donors (Lipinski definition) is 1. The van der Waals surface area contributed by atoms with E-state index < -0.39 is 12.1 Å². The first kappa shape index (κ1) is 29.0. The predicted molar refractivity (Wildman–Crippen MR) is 125 cm³/mol. The van der Waals surface area contributed by atoms with Crippen molar-refractivity contribution in [1.82, 2.24) is 5.32 Å². The molecule has 0 saturated carbocycles. The van der Waals surface area contributed by atoms with Crippen LogP contribution in [0.25, 0.3) is 0 Å². The monoisotopic (exact) mass is 447 g/mol. The number of hydrogen-bond acceptors (Lipinski definition) is 4. The molecule has 1 amide bonds. The molecule has 0 heterocycles. The summed E-state index contributed by atoms with van der Waals surface area (Å²) in [6.07, 6.45) is 18.8. The number of halogens is 1. The highest BCUT2D eigenvalue weighted by molar-refractivity contribution is 6.18. The van der Waals surface area contributed by atoms with E-state index in [0.717, 1.165) is 19.3 Å². The van der Waals surface area contributed by atoms with E-state index in [0.29, 0.717) is 13.0 Å². The number of alkyl carbamates (subject to hydrolysis) is 1. The lowest BCUT2D eigenvalue weighted by Gasteiger charge is -2.16. The van der Waals surface area contributed by atoms with Crippen molar-refractivity contribution in [1.29, 1.82) is 0 Å². The van der Waals surface area contributed by atoms with Gasteiger partial charge in [-0.3, -0.25) is 0 Å². The number of carbonyl (C=O) groups excluding carboxylic acids is 2. The van der Waals surface area contributed by atoms with Gasteiger partial charge in [0.25, 0.3) is 0 Å². The standard InChI is InChI=1S/C24H46ClNO4/c1-3-5-6-7-8-9-10-11-12-13-14-15-16-17-20-29-23(27)22(18-4-2)26-24(28)30-21-19-25/h22H,3-21H2,1-2H3,(H,26,28). The number of esters is 1. The van der Waals surface area contributed by atoms with Gasteiger partial charge in [-0.05, 0) is 12.8 Å². The second-order valence-electron chi connectivity index (χ2n) is 8.07. The summed E-state index contributed by atoms with van der Waals surface area (Å²) in [5, 5.41) is 2.56. The molecule has 6 heteroatoms. The third-order valence-corrected chi connectivity index (χ3v) is 5.36. The first-order valence-electron chi connectivity index (χ1n) is 12.3. The first-order chi connectivity index (χ1) is 14.7. The fourth-order valence-corrected chi connectivity index (χ4v) is 3.50. The zero-order valence-electron chi connectivity index (χ0n) is 19.5. The Balaban J connectivity index is 3.56. The number of carbonyl (C=O) groups is 2. The number of amides is 1. The maximum absolute atomic E-state index is 12.2. The molecule has 5 nitrogen and oxygen atoms in total. The van der Waals surface area contributed by atoms with Gasteiger partial charge in [0.1, 0.15) is 12.6 Å². The van der Waals surface area contributed by atoms with Gasteiger partial charge in [0.15, 0.2) is 0 Å². The smallest absolute Gasteiger partial charge is 0.407 e. The zero-order chi connectivity index (χ0) is 22.3. The van der Waals surface area contributed by atoms with Gasteiger partial charge in [-0.15, -0.1) is 11.6 Å². The summed E-state index contributed by atoms with van der Waals surface area (Å²) in [6, 6.07) is -0.649. The van der Waals surface area contributed by atoms with Gasteiger partial charge in [-0.2, -0.15) is 0 Å². The molecule has 0 radical (unpaired) electrons. The van der Waals surface area contributed by atoms with Crippen LogP contribution >= 0.6 is 11.6 Å². The number of ether oxygens (including phenoxy) is 2. The minimum absolute atomic E-state index is 0.125. The van der Waals surface area contributed by atoms with Crippen molar-refractivity contribution in [3.05, 3.63) is 0 Å². The molecule has 1 unspecified atom stereocenters. The van der Waals surface area contributed by atoms with Crippen molar-refractivity contribution in [3.63, 3.8) is 0 Å². The highest BCUT2D eigenvalue weighted by atomic mass is 35.5. The van der Waals surface area contributed by atoms with Gasteiger partial charge in [-0.25, -0.2) is 9.59 Å². The summed E-state index contributed by atoms with van der Waals surface area (Å²) < 4.78 is 10.2. The minimum Gasteiger partial charge on any atom is -0.464 e. The average Bonchev–Trinajstić information content (AvgIpc) is 2.74. The summed E-state index contributed by atoms with van der Waals surface area (Å²) >= 11 is 5.49. The Labute approximate surface area is 190 Å². The number of nitrogens with one attached hydrogen (secondary N) is 1. The Morgan fingerprint density at radius 2 is 1.20 bits per heavy atom. The Morgan fingerprint density at radius 3 is 1.67 bits per heavy atom. The first-order valence-corrected chi connectivity index (χ1v) is 12.8. The largest absolute Gasteiger partial charge is 0.464 e. The Bertz CT molecular complexity index is 407. The van der Waals surface area contributed by atoms with E-state index in [1.165, 1.54) is 77.0 Å². The SMILES string of the molecule is CCCCCCCCCCCCCCCCOC(=O)C(CCC)NC(=O)OCCCl. The van der Waals surface area contributed by atoms with Crippen LogP contribution in [0.5, 0.6) is 0 Å². The average molecular weight is 448 g/mol. The molecule has 0 fully saturated rings. The van der Waals surface area contributed by atoms with Crippen LogP contribution in [0.1, 0.15) is 117 Å². The normalized spacial score (nSPS) is 11.8. The summed E-state index contributed by atoms with van der Waals surface area (Å²) in [7, 11) is 0. The molecule has 0 aromatic heterocycles. The van der Waals surface area contributed by atoms with Crippen molar-refractivity contribution >= 4 is 23.7 Å². The highest BCUT2D eigenvalue weighted by Crippen LogP contribution is 2.13. The van der Waals surface area contributed by atoms with Gasteiger partial charge in [0.05, 0.1) is 12.5 Å². The van der Waals surface area contributed by atoms with Crippen LogP contribution in [0.3, 0.4) is 0 Å². The topological polar surface area (TPSA) is 64.6 Å².